The predicted octanol–water partition coefficient (Wildman–Crippen LogP) is 1.26. The van der Waals surface area contributed by atoms with Crippen LogP contribution >= 0.6 is 0 Å². The van der Waals surface area contributed by atoms with Gasteiger partial charge in [0.2, 0.25) is 0 Å². The van der Waals surface area contributed by atoms with E-state index in [1.54, 1.807) is 13.8 Å². The quantitative estimate of drug-likeness (QED) is 0.457. The minimum atomic E-state index is -0.453. The van der Waals surface area contributed by atoms with Crippen LogP contribution in [0.3, 0.4) is 0 Å². The number of nitrogens with one attached hydrogen (secondary N) is 2. The fourth-order valence-electron chi connectivity index (χ4n) is 2.30. The first-order chi connectivity index (χ1) is 11.5. The maximum atomic E-state index is 12.2. The van der Waals surface area contributed by atoms with Crippen molar-refractivity contribution in [3.63, 3.8) is 0 Å². The zero-order valence-electron chi connectivity index (χ0n) is 15.0. The van der Waals surface area contributed by atoms with Gasteiger partial charge < -0.3 is 24.8 Å². The Morgan fingerprint density at radius 3 is 2.54 bits per heavy atom. The number of ether oxygens (including phenoxy) is 3. The van der Waals surface area contributed by atoms with Gasteiger partial charge in [0.25, 0.3) is 0 Å². The first kappa shape index (κ1) is 20.2. The first-order valence-electron chi connectivity index (χ1n) is 8.27. The number of esters is 2. The van der Waals surface area contributed by atoms with Crippen LogP contribution in [0.1, 0.15) is 33.6 Å². The molecule has 0 atom stereocenters. The van der Waals surface area contributed by atoms with Crippen molar-refractivity contribution in [1.82, 2.24) is 10.6 Å². The van der Waals surface area contributed by atoms with E-state index in [4.69, 9.17) is 14.2 Å². The number of carbonyl (C=O) groups is 2. The molecule has 0 unspecified atom stereocenters. The molecule has 136 valence electrons. The largest absolute Gasteiger partial charge is 0.466 e. The Kier molecular flexibility index (Phi) is 9.11. The molecule has 1 rings (SSSR count). The maximum absolute atomic E-state index is 12.2. The van der Waals surface area contributed by atoms with Crippen LogP contribution in [-0.2, 0) is 23.8 Å². The van der Waals surface area contributed by atoms with Crippen molar-refractivity contribution in [2.24, 2.45) is 0 Å². The van der Waals surface area contributed by atoms with E-state index in [2.05, 4.69) is 17.6 Å². The summed E-state index contributed by atoms with van der Waals surface area (Å²) >= 11 is 0. The molecule has 0 saturated carbocycles. The molecule has 0 radical (unpaired) electrons. The third kappa shape index (κ3) is 5.98. The third-order valence-corrected chi connectivity index (χ3v) is 3.56. The van der Waals surface area contributed by atoms with Crippen LogP contribution in [0.4, 0.5) is 0 Å². The van der Waals surface area contributed by atoms with Gasteiger partial charge in [-0.05, 0) is 26.8 Å². The monoisotopic (exact) mass is 340 g/mol. The molecular weight excluding hydrogens is 312 g/mol. The van der Waals surface area contributed by atoms with E-state index in [1.165, 1.54) is 7.11 Å². The van der Waals surface area contributed by atoms with E-state index in [0.717, 1.165) is 19.5 Å². The minimum Gasteiger partial charge on any atom is -0.466 e. The van der Waals surface area contributed by atoms with Crippen molar-refractivity contribution in [3.8, 4) is 0 Å². The second-order valence-electron chi connectivity index (χ2n) is 5.38. The molecule has 0 aromatic carbocycles. The van der Waals surface area contributed by atoms with E-state index < -0.39 is 11.9 Å². The van der Waals surface area contributed by atoms with Crippen molar-refractivity contribution >= 4 is 11.9 Å². The SMILES string of the molecule is CCCNCCOCC1=C(C(=O)OCC)CC(C(=O)OC)=C(C)N1. The fraction of sp³-hybridized carbons (Fsp3) is 0.647. The summed E-state index contributed by atoms with van der Waals surface area (Å²) in [6, 6.07) is 0. The predicted molar refractivity (Wildman–Crippen MR) is 90.1 cm³/mol. The van der Waals surface area contributed by atoms with Crippen LogP contribution in [0.15, 0.2) is 22.5 Å². The molecule has 0 saturated heterocycles. The van der Waals surface area contributed by atoms with Gasteiger partial charge in [0.1, 0.15) is 0 Å². The van der Waals surface area contributed by atoms with E-state index in [1.807, 2.05) is 0 Å². The van der Waals surface area contributed by atoms with Crippen molar-refractivity contribution in [2.45, 2.75) is 33.6 Å². The molecule has 0 aromatic heterocycles. The van der Waals surface area contributed by atoms with Crippen LogP contribution < -0.4 is 10.6 Å². The van der Waals surface area contributed by atoms with Crippen LogP contribution in [0, 0.1) is 0 Å². The van der Waals surface area contributed by atoms with Gasteiger partial charge in [0, 0.05) is 18.7 Å². The summed E-state index contributed by atoms with van der Waals surface area (Å²) in [7, 11) is 1.32. The minimum absolute atomic E-state index is 0.178. The lowest BCUT2D eigenvalue weighted by molar-refractivity contribution is -0.138. The molecule has 1 aliphatic heterocycles. The summed E-state index contributed by atoms with van der Waals surface area (Å²) < 4.78 is 15.5. The van der Waals surface area contributed by atoms with E-state index in [0.29, 0.717) is 29.1 Å². The summed E-state index contributed by atoms with van der Waals surface area (Å²) in [6.07, 6.45) is 1.25. The number of carbonyl (C=O) groups excluding carboxylic acids is 2. The third-order valence-electron chi connectivity index (χ3n) is 3.56. The number of dihydropyridines is 1. The smallest absolute Gasteiger partial charge is 0.336 e. The molecule has 24 heavy (non-hydrogen) atoms. The van der Waals surface area contributed by atoms with Gasteiger partial charge in [0.05, 0.1) is 43.8 Å². The van der Waals surface area contributed by atoms with Gasteiger partial charge in [-0.2, -0.15) is 0 Å². The van der Waals surface area contributed by atoms with Crippen LogP contribution in [0.25, 0.3) is 0 Å². The molecule has 0 aliphatic carbocycles. The van der Waals surface area contributed by atoms with E-state index >= 15 is 0 Å². The van der Waals surface area contributed by atoms with Gasteiger partial charge >= 0.3 is 11.9 Å². The normalized spacial score (nSPS) is 14.5. The summed E-state index contributed by atoms with van der Waals surface area (Å²) in [5, 5.41) is 6.33. The molecule has 0 bridgehead atoms. The highest BCUT2D eigenvalue weighted by atomic mass is 16.5. The summed E-state index contributed by atoms with van der Waals surface area (Å²) in [5.74, 6) is -0.896. The maximum Gasteiger partial charge on any atom is 0.336 e. The van der Waals surface area contributed by atoms with Crippen LogP contribution in [0.5, 0.6) is 0 Å². The Bertz CT molecular complexity index is 511. The van der Waals surface area contributed by atoms with E-state index in [9.17, 15) is 9.59 Å². The van der Waals surface area contributed by atoms with Gasteiger partial charge in [-0.25, -0.2) is 9.59 Å². The Balaban J connectivity index is 2.75. The Hall–Kier alpha value is -1.86. The highest BCUT2D eigenvalue weighted by Gasteiger charge is 2.28. The Morgan fingerprint density at radius 1 is 1.17 bits per heavy atom. The highest BCUT2D eigenvalue weighted by Crippen LogP contribution is 2.25. The van der Waals surface area contributed by atoms with E-state index in [-0.39, 0.29) is 19.6 Å². The number of rotatable bonds is 10. The number of hydrogen-bond donors (Lipinski definition) is 2. The lowest BCUT2D eigenvalue weighted by Gasteiger charge is -2.24. The number of allylic oxidation sites excluding steroid dienone is 1. The molecule has 0 fully saturated rings. The summed E-state index contributed by atoms with van der Waals surface area (Å²) in [5.41, 5.74) is 2.13. The zero-order valence-corrected chi connectivity index (χ0v) is 15.0. The molecule has 0 spiro atoms. The van der Waals surface area contributed by atoms with Crippen molar-refractivity contribution in [1.29, 1.82) is 0 Å². The summed E-state index contributed by atoms with van der Waals surface area (Å²) in [6.45, 7) is 8.38. The van der Waals surface area contributed by atoms with Gasteiger partial charge in [-0.1, -0.05) is 6.92 Å². The lowest BCUT2D eigenvalue weighted by atomic mass is 9.98. The van der Waals surface area contributed by atoms with Gasteiger partial charge in [0.15, 0.2) is 0 Å². The highest BCUT2D eigenvalue weighted by molar-refractivity contribution is 5.96. The standard InChI is InChI=1S/C17H28N2O5/c1-5-7-18-8-9-23-11-15-14(17(21)24-6-2)10-13(12(3)19-15)16(20)22-4/h18-19H,5-11H2,1-4H3. The molecule has 0 aromatic rings. The van der Waals surface area contributed by atoms with Gasteiger partial charge in [-0.3, -0.25) is 0 Å². The average molecular weight is 340 g/mol. The second kappa shape index (κ2) is 10.8. The summed E-state index contributed by atoms with van der Waals surface area (Å²) in [4.78, 5) is 24.0. The first-order valence-corrected chi connectivity index (χ1v) is 8.27. The fourth-order valence-corrected chi connectivity index (χ4v) is 2.30. The van der Waals surface area contributed by atoms with Crippen LogP contribution in [-0.4, -0.2) is 52.0 Å². The molecule has 7 heteroatoms. The molecular formula is C17H28N2O5. The number of methoxy groups -OCH3 is 1. The lowest BCUT2D eigenvalue weighted by Crippen LogP contribution is -2.30. The molecule has 0 amide bonds. The molecule has 1 heterocycles. The van der Waals surface area contributed by atoms with Crippen LogP contribution in [0.2, 0.25) is 0 Å². The second-order valence-corrected chi connectivity index (χ2v) is 5.38. The average Bonchev–Trinajstić information content (AvgIpc) is 2.57. The van der Waals surface area contributed by atoms with Crippen molar-refractivity contribution in [3.05, 3.63) is 22.5 Å². The number of hydrogen-bond acceptors (Lipinski definition) is 7. The molecule has 7 nitrogen and oxygen atoms in total. The van der Waals surface area contributed by atoms with Crippen molar-refractivity contribution < 1.29 is 23.8 Å². The Labute approximate surface area is 143 Å². The van der Waals surface area contributed by atoms with Gasteiger partial charge in [-0.15, -0.1) is 0 Å². The molecule has 1 aliphatic rings. The van der Waals surface area contributed by atoms with Crippen molar-refractivity contribution in [2.75, 3.05) is 40.0 Å². The molecule has 2 N–H and O–H groups in total. The topological polar surface area (TPSA) is 85.9 Å². The zero-order chi connectivity index (χ0) is 17.9. The Morgan fingerprint density at radius 2 is 1.92 bits per heavy atom.